The second-order valence-electron chi connectivity index (χ2n) is 5.22. The van der Waals surface area contributed by atoms with Crippen molar-refractivity contribution in [2.24, 2.45) is 0 Å². The van der Waals surface area contributed by atoms with Crippen molar-refractivity contribution in [3.05, 3.63) is 53.7 Å². The summed E-state index contributed by atoms with van der Waals surface area (Å²) < 4.78 is 0. The van der Waals surface area contributed by atoms with Gasteiger partial charge in [-0.25, -0.2) is 0 Å². The molecule has 0 saturated heterocycles. The van der Waals surface area contributed by atoms with Gasteiger partial charge in [0.15, 0.2) is 5.69 Å². The average molecular weight is 298 g/mol. The van der Waals surface area contributed by atoms with Gasteiger partial charge in [0.2, 0.25) is 0 Å². The van der Waals surface area contributed by atoms with Crippen LogP contribution < -0.4 is 5.32 Å². The van der Waals surface area contributed by atoms with E-state index in [1.807, 2.05) is 30.3 Å². The number of hydrogen-bond acceptors (Lipinski definition) is 4. The van der Waals surface area contributed by atoms with Crippen LogP contribution in [-0.4, -0.2) is 34.6 Å². The van der Waals surface area contributed by atoms with Crippen LogP contribution in [0.25, 0.3) is 0 Å². The van der Waals surface area contributed by atoms with Crippen LogP contribution in [-0.2, 0) is 6.54 Å². The largest absolute Gasteiger partial charge is 0.365 e. The highest BCUT2D eigenvalue weighted by Crippen LogP contribution is 2.07. The molecule has 0 unspecified atom stereocenters. The first-order valence-electron chi connectivity index (χ1n) is 7.57. The lowest BCUT2D eigenvalue weighted by Gasteiger charge is -2.15. The normalized spacial score (nSPS) is 10.3. The molecule has 0 saturated carbocycles. The first kappa shape index (κ1) is 15.9. The fraction of sp³-hybridized carbons (Fsp3) is 0.353. The lowest BCUT2D eigenvalue weighted by atomic mass is 10.2. The minimum Gasteiger partial charge on any atom is -0.365 e. The van der Waals surface area contributed by atoms with Crippen molar-refractivity contribution in [1.29, 1.82) is 0 Å². The van der Waals surface area contributed by atoms with Gasteiger partial charge in [0.05, 0.1) is 0 Å². The molecule has 0 spiro atoms. The number of nitrogens with one attached hydrogen (secondary N) is 1. The number of rotatable bonds is 7. The highest BCUT2D eigenvalue weighted by molar-refractivity contribution is 5.92. The minimum atomic E-state index is -0.0874. The summed E-state index contributed by atoms with van der Waals surface area (Å²) in [6, 6.07) is 13.6. The molecule has 1 N–H and O–H groups in total. The van der Waals surface area contributed by atoms with E-state index in [-0.39, 0.29) is 5.91 Å². The Hall–Kier alpha value is -2.43. The summed E-state index contributed by atoms with van der Waals surface area (Å²) in [4.78, 5) is 13.8. The summed E-state index contributed by atoms with van der Waals surface area (Å²) in [7, 11) is 1.79. The molecule has 2 aromatic rings. The van der Waals surface area contributed by atoms with Crippen LogP contribution in [0.4, 0.5) is 5.82 Å². The van der Waals surface area contributed by atoms with E-state index in [1.54, 1.807) is 24.1 Å². The third-order valence-electron chi connectivity index (χ3n) is 3.39. The zero-order chi connectivity index (χ0) is 15.8. The summed E-state index contributed by atoms with van der Waals surface area (Å²) in [5.74, 6) is 0.576. The lowest BCUT2D eigenvalue weighted by molar-refractivity contribution is 0.0786. The SMILES string of the molecule is CCCCN(C)C(=O)c1ccc(NCc2ccccc2)nn1. The Balaban J connectivity index is 1.91. The molecule has 0 aliphatic rings. The maximum absolute atomic E-state index is 12.1. The highest BCUT2D eigenvalue weighted by atomic mass is 16.2. The Morgan fingerprint density at radius 1 is 1.14 bits per heavy atom. The fourth-order valence-corrected chi connectivity index (χ4v) is 2.02. The maximum atomic E-state index is 12.1. The molecule has 1 amide bonds. The summed E-state index contributed by atoms with van der Waals surface area (Å²) in [6.45, 7) is 3.52. The van der Waals surface area contributed by atoms with Crippen molar-refractivity contribution in [1.82, 2.24) is 15.1 Å². The molecule has 1 heterocycles. The Kier molecular flexibility index (Phi) is 5.89. The second-order valence-corrected chi connectivity index (χ2v) is 5.22. The number of unbranched alkanes of at least 4 members (excludes halogenated alkanes) is 1. The zero-order valence-corrected chi connectivity index (χ0v) is 13.1. The first-order chi connectivity index (χ1) is 10.7. The van der Waals surface area contributed by atoms with Crippen LogP contribution in [0.3, 0.4) is 0 Å². The number of hydrogen-bond donors (Lipinski definition) is 1. The molecular formula is C17H22N4O. The molecule has 0 aliphatic carbocycles. The van der Waals surface area contributed by atoms with Crippen molar-refractivity contribution in [2.75, 3.05) is 18.9 Å². The van der Waals surface area contributed by atoms with Crippen LogP contribution >= 0.6 is 0 Å². The summed E-state index contributed by atoms with van der Waals surface area (Å²) in [5, 5.41) is 11.3. The van der Waals surface area contributed by atoms with Crippen LogP contribution in [0.5, 0.6) is 0 Å². The molecule has 0 radical (unpaired) electrons. The Bertz CT molecular complexity index is 583. The molecule has 0 aliphatic heterocycles. The molecule has 2 rings (SSSR count). The predicted octanol–water partition coefficient (Wildman–Crippen LogP) is 2.96. The number of carbonyl (C=O) groups is 1. The van der Waals surface area contributed by atoms with E-state index in [4.69, 9.17) is 0 Å². The van der Waals surface area contributed by atoms with E-state index in [0.717, 1.165) is 19.4 Å². The van der Waals surface area contributed by atoms with Crippen LogP contribution in [0.15, 0.2) is 42.5 Å². The van der Waals surface area contributed by atoms with E-state index < -0.39 is 0 Å². The third kappa shape index (κ3) is 4.55. The van der Waals surface area contributed by atoms with E-state index >= 15 is 0 Å². The van der Waals surface area contributed by atoms with Crippen molar-refractivity contribution in [2.45, 2.75) is 26.3 Å². The monoisotopic (exact) mass is 298 g/mol. The quantitative estimate of drug-likeness (QED) is 0.854. The number of carbonyl (C=O) groups excluding carboxylic acids is 1. The first-order valence-corrected chi connectivity index (χ1v) is 7.57. The van der Waals surface area contributed by atoms with Crippen molar-refractivity contribution in [3.63, 3.8) is 0 Å². The fourth-order valence-electron chi connectivity index (χ4n) is 2.02. The van der Waals surface area contributed by atoms with Gasteiger partial charge in [-0.3, -0.25) is 4.79 Å². The second kappa shape index (κ2) is 8.12. The van der Waals surface area contributed by atoms with Crippen LogP contribution in [0, 0.1) is 0 Å². The Morgan fingerprint density at radius 2 is 1.91 bits per heavy atom. The van der Waals surface area contributed by atoms with Crippen LogP contribution in [0.1, 0.15) is 35.8 Å². The molecule has 116 valence electrons. The summed E-state index contributed by atoms with van der Waals surface area (Å²) >= 11 is 0. The molecule has 0 bridgehead atoms. The van der Waals surface area contributed by atoms with E-state index in [9.17, 15) is 4.79 Å². The van der Waals surface area contributed by atoms with Gasteiger partial charge < -0.3 is 10.2 Å². The summed E-state index contributed by atoms with van der Waals surface area (Å²) in [5.41, 5.74) is 1.55. The number of benzene rings is 1. The van der Waals surface area contributed by atoms with E-state index in [2.05, 4.69) is 22.4 Å². The van der Waals surface area contributed by atoms with E-state index in [1.165, 1.54) is 5.56 Å². The maximum Gasteiger partial charge on any atom is 0.274 e. The molecular weight excluding hydrogens is 276 g/mol. The van der Waals surface area contributed by atoms with Gasteiger partial charge in [-0.05, 0) is 24.1 Å². The highest BCUT2D eigenvalue weighted by Gasteiger charge is 2.13. The van der Waals surface area contributed by atoms with Gasteiger partial charge in [0.1, 0.15) is 5.82 Å². The van der Waals surface area contributed by atoms with Crippen molar-refractivity contribution >= 4 is 11.7 Å². The molecule has 0 atom stereocenters. The number of aromatic nitrogens is 2. The van der Waals surface area contributed by atoms with Gasteiger partial charge in [-0.15, -0.1) is 10.2 Å². The molecule has 0 fully saturated rings. The topological polar surface area (TPSA) is 58.1 Å². The van der Waals surface area contributed by atoms with Crippen molar-refractivity contribution < 1.29 is 4.79 Å². The summed E-state index contributed by atoms with van der Waals surface area (Å²) in [6.07, 6.45) is 2.05. The molecule has 1 aromatic carbocycles. The van der Waals surface area contributed by atoms with Crippen molar-refractivity contribution in [3.8, 4) is 0 Å². The number of anilines is 1. The van der Waals surface area contributed by atoms with Gasteiger partial charge in [0.25, 0.3) is 5.91 Å². The smallest absolute Gasteiger partial charge is 0.274 e. The zero-order valence-electron chi connectivity index (χ0n) is 13.1. The molecule has 22 heavy (non-hydrogen) atoms. The molecule has 1 aromatic heterocycles. The number of nitrogens with zero attached hydrogens (tertiary/aromatic N) is 3. The van der Waals surface area contributed by atoms with Gasteiger partial charge in [-0.2, -0.15) is 0 Å². The van der Waals surface area contributed by atoms with E-state index in [0.29, 0.717) is 18.1 Å². The Morgan fingerprint density at radius 3 is 2.55 bits per heavy atom. The third-order valence-corrected chi connectivity index (χ3v) is 3.39. The molecule has 5 nitrogen and oxygen atoms in total. The lowest BCUT2D eigenvalue weighted by Crippen LogP contribution is -2.28. The molecule has 5 heteroatoms. The predicted molar refractivity (Wildman–Crippen MR) is 87.7 cm³/mol. The number of amides is 1. The Labute approximate surface area is 131 Å². The van der Waals surface area contributed by atoms with Crippen LogP contribution in [0.2, 0.25) is 0 Å². The standard InChI is InChI=1S/C17H22N4O/c1-3-4-12-21(2)17(22)15-10-11-16(20-19-15)18-13-14-8-6-5-7-9-14/h5-11H,3-4,12-13H2,1-2H3,(H,18,20). The minimum absolute atomic E-state index is 0.0874. The van der Waals surface area contributed by atoms with Gasteiger partial charge in [0, 0.05) is 20.1 Å². The van der Waals surface area contributed by atoms with Gasteiger partial charge >= 0.3 is 0 Å². The average Bonchev–Trinajstić information content (AvgIpc) is 2.58. The van der Waals surface area contributed by atoms with Gasteiger partial charge in [-0.1, -0.05) is 43.7 Å².